The third-order valence-electron chi connectivity index (χ3n) is 4.83. The molecule has 0 aromatic carbocycles. The third kappa shape index (κ3) is 4.11. The van der Waals surface area contributed by atoms with Crippen LogP contribution in [0.5, 0.6) is 0 Å². The molecule has 25 heavy (non-hydrogen) atoms. The second-order valence-electron chi connectivity index (χ2n) is 7.07. The maximum Gasteiger partial charge on any atom is 0.404 e. The van der Waals surface area contributed by atoms with Gasteiger partial charge in [-0.1, -0.05) is 24.3 Å². The van der Waals surface area contributed by atoms with Crippen molar-refractivity contribution in [3.05, 3.63) is 42.8 Å². The fourth-order valence-corrected chi connectivity index (χ4v) is 3.57. The maximum absolute atomic E-state index is 11.0. The van der Waals surface area contributed by atoms with Crippen LogP contribution in [0.4, 0.5) is 4.79 Å². The van der Waals surface area contributed by atoms with Gasteiger partial charge in [0.1, 0.15) is 0 Å². The zero-order valence-electron chi connectivity index (χ0n) is 14.6. The quantitative estimate of drug-likeness (QED) is 0.826. The van der Waals surface area contributed by atoms with E-state index in [9.17, 15) is 4.79 Å². The van der Waals surface area contributed by atoms with E-state index in [1.54, 1.807) is 6.20 Å². The Morgan fingerprint density at radius 3 is 2.88 bits per heavy atom. The van der Waals surface area contributed by atoms with Crippen LogP contribution in [0, 0.1) is 5.41 Å². The van der Waals surface area contributed by atoms with Crippen molar-refractivity contribution in [3.8, 4) is 0 Å². The molecule has 0 bridgehead atoms. The van der Waals surface area contributed by atoms with Crippen LogP contribution in [-0.4, -0.2) is 46.0 Å². The smallest absolute Gasteiger partial charge is 0.404 e. The van der Waals surface area contributed by atoms with Crippen LogP contribution in [0.15, 0.2) is 42.8 Å². The van der Waals surface area contributed by atoms with Crippen LogP contribution in [0.2, 0.25) is 0 Å². The molecular formula is C18H25N3O4. The number of nitrogens with zero attached hydrogens (tertiary/aromatic N) is 2. The number of allylic oxidation sites excluding steroid dienone is 3. The summed E-state index contributed by atoms with van der Waals surface area (Å²) in [5.41, 5.74) is -0.265. The number of ether oxygens (including phenoxy) is 2. The molecule has 7 heteroatoms. The van der Waals surface area contributed by atoms with Crippen LogP contribution in [0.1, 0.15) is 32.7 Å². The first-order valence-corrected chi connectivity index (χ1v) is 8.52. The molecular weight excluding hydrogens is 322 g/mol. The molecule has 1 saturated heterocycles. The molecule has 1 unspecified atom stereocenters. The van der Waals surface area contributed by atoms with E-state index in [-0.39, 0.29) is 24.1 Å². The SMILES string of the molecule is CC1(C)OC[C@H]([C@]2(CC(CNC(=O)O)n3cccn3)C=CC=CC2)O1. The highest BCUT2D eigenvalue weighted by molar-refractivity contribution is 5.64. The van der Waals surface area contributed by atoms with E-state index >= 15 is 0 Å². The van der Waals surface area contributed by atoms with E-state index in [1.807, 2.05) is 42.9 Å². The number of rotatable bonds is 6. The van der Waals surface area contributed by atoms with Gasteiger partial charge in [-0.3, -0.25) is 4.68 Å². The molecule has 1 aliphatic heterocycles. The lowest BCUT2D eigenvalue weighted by atomic mass is 9.72. The molecule has 0 radical (unpaired) electrons. The number of hydrogen-bond donors (Lipinski definition) is 2. The number of carbonyl (C=O) groups is 1. The van der Waals surface area contributed by atoms with Crippen molar-refractivity contribution in [1.29, 1.82) is 0 Å². The Labute approximate surface area is 147 Å². The Balaban J connectivity index is 1.83. The summed E-state index contributed by atoms with van der Waals surface area (Å²) in [7, 11) is 0. The second-order valence-corrected chi connectivity index (χ2v) is 7.07. The summed E-state index contributed by atoms with van der Waals surface area (Å²) in [5, 5.41) is 15.8. The summed E-state index contributed by atoms with van der Waals surface area (Å²) >= 11 is 0. The van der Waals surface area contributed by atoms with Crippen molar-refractivity contribution in [2.45, 2.75) is 44.6 Å². The van der Waals surface area contributed by atoms with E-state index in [0.29, 0.717) is 13.0 Å². The highest BCUT2D eigenvalue weighted by Gasteiger charge is 2.46. The van der Waals surface area contributed by atoms with E-state index in [4.69, 9.17) is 14.6 Å². The van der Waals surface area contributed by atoms with Gasteiger partial charge in [0.15, 0.2) is 5.79 Å². The average molecular weight is 347 g/mol. The molecule has 3 atom stereocenters. The van der Waals surface area contributed by atoms with Gasteiger partial charge in [0.25, 0.3) is 0 Å². The van der Waals surface area contributed by atoms with E-state index in [1.165, 1.54) is 0 Å². The summed E-state index contributed by atoms with van der Waals surface area (Å²) in [6, 6.07) is 1.73. The lowest BCUT2D eigenvalue weighted by Crippen LogP contribution is -2.41. The summed E-state index contributed by atoms with van der Waals surface area (Å²) < 4.78 is 13.8. The Morgan fingerprint density at radius 2 is 2.32 bits per heavy atom. The fraction of sp³-hybridized carbons (Fsp3) is 0.556. The van der Waals surface area contributed by atoms with Crippen molar-refractivity contribution < 1.29 is 19.4 Å². The van der Waals surface area contributed by atoms with Gasteiger partial charge in [0, 0.05) is 24.4 Å². The summed E-state index contributed by atoms with van der Waals surface area (Å²) in [6.07, 6.45) is 12.3. The van der Waals surface area contributed by atoms with Crippen molar-refractivity contribution in [2.24, 2.45) is 5.41 Å². The topological polar surface area (TPSA) is 85.6 Å². The van der Waals surface area contributed by atoms with E-state index in [2.05, 4.69) is 22.6 Å². The van der Waals surface area contributed by atoms with Crippen molar-refractivity contribution in [3.63, 3.8) is 0 Å². The number of hydrogen-bond acceptors (Lipinski definition) is 4. The third-order valence-corrected chi connectivity index (χ3v) is 4.83. The Bertz CT molecular complexity index is 653. The molecule has 1 aliphatic carbocycles. The molecule has 1 amide bonds. The molecule has 3 rings (SSSR count). The highest BCUT2D eigenvalue weighted by atomic mass is 16.7. The van der Waals surface area contributed by atoms with Gasteiger partial charge in [-0.15, -0.1) is 0 Å². The molecule has 2 N–H and O–H groups in total. The minimum atomic E-state index is -1.04. The van der Waals surface area contributed by atoms with E-state index in [0.717, 1.165) is 6.42 Å². The molecule has 1 aromatic rings. The molecule has 0 spiro atoms. The van der Waals surface area contributed by atoms with Crippen LogP contribution >= 0.6 is 0 Å². The summed E-state index contributed by atoms with van der Waals surface area (Å²) in [6.45, 7) is 4.64. The minimum absolute atomic E-state index is 0.0911. The van der Waals surface area contributed by atoms with Gasteiger partial charge in [0.05, 0.1) is 18.8 Å². The molecule has 1 fully saturated rings. The number of carboxylic acid groups (broad SMARTS) is 1. The Morgan fingerprint density at radius 1 is 1.48 bits per heavy atom. The first-order chi connectivity index (χ1) is 11.9. The normalized spacial score (nSPS) is 28.8. The zero-order valence-corrected chi connectivity index (χ0v) is 14.6. The van der Waals surface area contributed by atoms with Crippen LogP contribution < -0.4 is 5.32 Å². The monoisotopic (exact) mass is 347 g/mol. The first kappa shape index (κ1) is 17.7. The van der Waals surface area contributed by atoms with Crippen molar-refractivity contribution in [1.82, 2.24) is 15.1 Å². The highest BCUT2D eigenvalue weighted by Crippen LogP contribution is 2.45. The zero-order chi connectivity index (χ0) is 17.9. The predicted molar refractivity (Wildman–Crippen MR) is 92.1 cm³/mol. The number of amides is 1. The lowest BCUT2D eigenvalue weighted by molar-refractivity contribution is -0.151. The van der Waals surface area contributed by atoms with Crippen molar-refractivity contribution in [2.75, 3.05) is 13.2 Å². The van der Waals surface area contributed by atoms with Crippen LogP contribution in [0.3, 0.4) is 0 Å². The Kier molecular flexibility index (Phi) is 4.96. The van der Waals surface area contributed by atoms with Gasteiger partial charge >= 0.3 is 6.09 Å². The standard InChI is InChI=1S/C18H25N3O4/c1-17(2)24-13-15(25-17)18(7-4-3-5-8-18)11-14(12-19-16(22)23)21-10-6-9-20-21/h3-7,9-10,14-15,19H,8,11-13H2,1-2H3,(H,22,23)/t14?,15-,18-/m1/s1. The fourth-order valence-electron chi connectivity index (χ4n) is 3.57. The molecule has 0 saturated carbocycles. The van der Waals surface area contributed by atoms with Crippen LogP contribution in [0.25, 0.3) is 0 Å². The molecule has 136 valence electrons. The van der Waals surface area contributed by atoms with Crippen LogP contribution in [-0.2, 0) is 9.47 Å². The molecule has 7 nitrogen and oxygen atoms in total. The van der Waals surface area contributed by atoms with Gasteiger partial charge < -0.3 is 19.9 Å². The summed E-state index contributed by atoms with van der Waals surface area (Å²) in [5.74, 6) is -0.604. The van der Waals surface area contributed by atoms with Gasteiger partial charge in [-0.05, 0) is 32.8 Å². The summed E-state index contributed by atoms with van der Waals surface area (Å²) in [4.78, 5) is 11.0. The molecule has 2 aliphatic rings. The van der Waals surface area contributed by atoms with Crippen molar-refractivity contribution >= 4 is 6.09 Å². The van der Waals surface area contributed by atoms with Gasteiger partial charge in [-0.25, -0.2) is 4.79 Å². The maximum atomic E-state index is 11.0. The second kappa shape index (κ2) is 7.01. The Hall–Kier alpha value is -2.12. The lowest BCUT2D eigenvalue weighted by Gasteiger charge is -2.39. The largest absolute Gasteiger partial charge is 0.465 e. The van der Waals surface area contributed by atoms with Gasteiger partial charge in [-0.2, -0.15) is 5.10 Å². The number of aromatic nitrogens is 2. The number of nitrogens with one attached hydrogen (secondary N) is 1. The van der Waals surface area contributed by atoms with E-state index < -0.39 is 11.9 Å². The first-order valence-electron chi connectivity index (χ1n) is 8.52. The molecule has 1 aromatic heterocycles. The molecule has 2 heterocycles. The minimum Gasteiger partial charge on any atom is -0.465 e. The predicted octanol–water partition coefficient (Wildman–Crippen LogP) is 2.74. The van der Waals surface area contributed by atoms with Gasteiger partial charge in [0.2, 0.25) is 0 Å². The average Bonchev–Trinajstić information content (AvgIpc) is 3.22.